The van der Waals surface area contributed by atoms with Crippen LogP contribution in [0.15, 0.2) is 23.2 Å². The van der Waals surface area contributed by atoms with Crippen molar-refractivity contribution in [3.63, 3.8) is 0 Å². The summed E-state index contributed by atoms with van der Waals surface area (Å²) in [5.74, 6) is 1.22. The molecule has 0 saturated carbocycles. The number of carbonyl (C=O) groups excluding carboxylic acids is 1. The Bertz CT molecular complexity index is 572. The van der Waals surface area contributed by atoms with Crippen molar-refractivity contribution in [2.45, 2.75) is 39.0 Å². The van der Waals surface area contributed by atoms with Crippen LogP contribution in [0.5, 0.6) is 0 Å². The molecule has 0 atom stereocenters. The third-order valence-electron chi connectivity index (χ3n) is 3.44. The number of halogens is 2. The van der Waals surface area contributed by atoms with Gasteiger partial charge in [0.15, 0.2) is 5.96 Å². The fourth-order valence-electron chi connectivity index (χ4n) is 2.19. The van der Waals surface area contributed by atoms with Crippen molar-refractivity contribution in [3.8, 4) is 0 Å². The largest absolute Gasteiger partial charge is 0.357 e. The Morgan fingerprint density at radius 3 is 2.58 bits per heavy atom. The molecule has 1 amide bonds. The topological polar surface area (TPSA) is 65.5 Å². The van der Waals surface area contributed by atoms with Gasteiger partial charge in [-0.2, -0.15) is 11.8 Å². The Kier molecular flexibility index (Phi) is 14.5. The quantitative estimate of drug-likeness (QED) is 0.264. The van der Waals surface area contributed by atoms with Crippen molar-refractivity contribution in [1.82, 2.24) is 16.0 Å². The highest BCUT2D eigenvalue weighted by Crippen LogP contribution is 2.17. The Hall–Kier alpha value is -1.03. The summed E-state index contributed by atoms with van der Waals surface area (Å²) in [7, 11) is 0. The summed E-state index contributed by atoms with van der Waals surface area (Å²) in [4.78, 5) is 16.2. The molecule has 3 N–H and O–H groups in total. The molecule has 0 aliphatic rings. The number of benzene rings is 1. The molecule has 0 heterocycles. The Morgan fingerprint density at radius 1 is 1.15 bits per heavy atom. The molecular formula is C18H30FIN4OS. The minimum atomic E-state index is -0.222. The molecule has 1 aromatic carbocycles. The number of hydrogen-bond donors (Lipinski definition) is 3. The first kappa shape index (κ1) is 25.0. The second kappa shape index (κ2) is 15.1. The molecule has 0 radical (unpaired) electrons. The van der Waals surface area contributed by atoms with Gasteiger partial charge in [-0.25, -0.2) is 9.38 Å². The summed E-state index contributed by atoms with van der Waals surface area (Å²) in [6.07, 6.45) is 3.32. The molecule has 0 bridgehead atoms. The Morgan fingerprint density at radius 2 is 1.92 bits per heavy atom. The van der Waals surface area contributed by atoms with Crippen molar-refractivity contribution >= 4 is 47.6 Å². The number of guanidine groups is 1. The van der Waals surface area contributed by atoms with E-state index in [4.69, 9.17) is 0 Å². The van der Waals surface area contributed by atoms with E-state index in [0.29, 0.717) is 32.0 Å². The van der Waals surface area contributed by atoms with Crippen LogP contribution in [-0.2, 0) is 17.1 Å². The summed E-state index contributed by atoms with van der Waals surface area (Å²) in [5, 5.41) is 9.17. The van der Waals surface area contributed by atoms with Crippen LogP contribution in [0.3, 0.4) is 0 Å². The Labute approximate surface area is 177 Å². The van der Waals surface area contributed by atoms with E-state index in [-0.39, 0.29) is 35.7 Å². The molecule has 0 aliphatic carbocycles. The third-order valence-corrected chi connectivity index (χ3v) is 4.04. The molecule has 0 aliphatic heterocycles. The maximum atomic E-state index is 13.4. The van der Waals surface area contributed by atoms with Crippen molar-refractivity contribution in [3.05, 3.63) is 35.1 Å². The molecule has 26 heavy (non-hydrogen) atoms. The number of nitrogens with one attached hydrogen (secondary N) is 3. The summed E-state index contributed by atoms with van der Waals surface area (Å²) in [6, 6.07) is 4.82. The van der Waals surface area contributed by atoms with E-state index < -0.39 is 0 Å². The number of amides is 1. The third kappa shape index (κ3) is 10.2. The first-order valence-electron chi connectivity index (χ1n) is 8.65. The summed E-state index contributed by atoms with van der Waals surface area (Å²) in [5.41, 5.74) is 1.97. The van der Waals surface area contributed by atoms with E-state index in [1.54, 1.807) is 23.9 Å². The molecule has 8 heteroatoms. The highest BCUT2D eigenvalue weighted by Gasteiger charge is 2.05. The Balaban J connectivity index is 0.00000625. The average molecular weight is 496 g/mol. The van der Waals surface area contributed by atoms with Crippen LogP contribution in [-0.4, -0.2) is 37.8 Å². The monoisotopic (exact) mass is 496 g/mol. The van der Waals surface area contributed by atoms with Gasteiger partial charge < -0.3 is 16.0 Å². The predicted octanol–water partition coefficient (Wildman–Crippen LogP) is 3.28. The van der Waals surface area contributed by atoms with Crippen LogP contribution in [0.2, 0.25) is 0 Å². The van der Waals surface area contributed by atoms with Gasteiger partial charge in [-0.15, -0.1) is 24.0 Å². The highest BCUT2D eigenvalue weighted by molar-refractivity contribution is 14.0. The van der Waals surface area contributed by atoms with Crippen molar-refractivity contribution in [1.29, 1.82) is 0 Å². The van der Waals surface area contributed by atoms with E-state index in [9.17, 15) is 9.18 Å². The maximum absolute atomic E-state index is 13.4. The lowest BCUT2D eigenvalue weighted by Gasteiger charge is -2.12. The number of aliphatic imine (C=N–C) groups is 1. The van der Waals surface area contributed by atoms with Crippen LogP contribution in [0, 0.1) is 5.82 Å². The van der Waals surface area contributed by atoms with Crippen molar-refractivity contribution in [2.75, 3.05) is 25.9 Å². The fourth-order valence-corrected chi connectivity index (χ4v) is 2.77. The number of hydrogen-bond acceptors (Lipinski definition) is 3. The van der Waals surface area contributed by atoms with Gasteiger partial charge in [0.25, 0.3) is 0 Å². The normalized spacial score (nSPS) is 10.8. The molecule has 1 rings (SSSR count). The van der Waals surface area contributed by atoms with Gasteiger partial charge in [0.1, 0.15) is 5.82 Å². The van der Waals surface area contributed by atoms with Crippen molar-refractivity contribution in [2.24, 2.45) is 4.99 Å². The maximum Gasteiger partial charge on any atom is 0.221 e. The molecular weight excluding hydrogens is 466 g/mol. The first-order chi connectivity index (χ1) is 12.1. The van der Waals surface area contributed by atoms with Gasteiger partial charge in [0, 0.05) is 31.8 Å². The van der Waals surface area contributed by atoms with E-state index in [1.807, 2.05) is 20.1 Å². The van der Waals surface area contributed by atoms with Gasteiger partial charge in [-0.1, -0.05) is 13.0 Å². The van der Waals surface area contributed by atoms with Crippen molar-refractivity contribution < 1.29 is 9.18 Å². The number of carbonyl (C=O) groups is 1. The van der Waals surface area contributed by atoms with Gasteiger partial charge in [0.2, 0.25) is 5.91 Å². The molecule has 148 valence electrons. The summed E-state index contributed by atoms with van der Waals surface area (Å²) in [6.45, 7) is 6.43. The second-order valence-corrected chi connectivity index (χ2v) is 6.43. The van der Waals surface area contributed by atoms with E-state index in [2.05, 4.69) is 20.9 Å². The summed E-state index contributed by atoms with van der Waals surface area (Å²) < 4.78 is 13.4. The number of rotatable bonds is 10. The zero-order chi connectivity index (χ0) is 18.5. The molecule has 0 aromatic heterocycles. The minimum Gasteiger partial charge on any atom is -0.357 e. The standard InChI is InChI=1S/C18H29FN4OS.HI/c1-4-9-21-17(24)8-10-22-18(20-5-2)23-12-14-6-7-16(19)11-15(14)13-25-3;/h6-7,11H,4-5,8-10,12-13H2,1-3H3,(H,21,24)(H2,20,22,23);1H. The van der Waals surface area contributed by atoms with Crippen LogP contribution in [0.1, 0.15) is 37.8 Å². The number of nitrogens with zero attached hydrogens (tertiary/aromatic N) is 1. The lowest BCUT2D eigenvalue weighted by molar-refractivity contribution is -0.120. The fraction of sp³-hybridized carbons (Fsp3) is 0.556. The predicted molar refractivity (Wildman–Crippen MR) is 120 cm³/mol. The lowest BCUT2D eigenvalue weighted by Crippen LogP contribution is -2.39. The van der Waals surface area contributed by atoms with Gasteiger partial charge in [-0.3, -0.25) is 4.79 Å². The summed E-state index contributed by atoms with van der Waals surface area (Å²) >= 11 is 1.65. The zero-order valence-corrected chi connectivity index (χ0v) is 18.9. The number of thioether (sulfide) groups is 1. The molecule has 0 saturated heterocycles. The molecule has 0 fully saturated rings. The van der Waals surface area contributed by atoms with Crippen LogP contribution >= 0.6 is 35.7 Å². The zero-order valence-electron chi connectivity index (χ0n) is 15.7. The van der Waals surface area contributed by atoms with E-state index >= 15 is 0 Å². The van der Waals surface area contributed by atoms with Crippen LogP contribution in [0.25, 0.3) is 0 Å². The molecule has 0 spiro atoms. The van der Waals surface area contributed by atoms with Crippen LogP contribution < -0.4 is 16.0 Å². The van der Waals surface area contributed by atoms with Gasteiger partial charge in [0.05, 0.1) is 6.54 Å². The minimum absolute atomic E-state index is 0. The van der Waals surface area contributed by atoms with Crippen LogP contribution in [0.4, 0.5) is 4.39 Å². The molecule has 0 unspecified atom stereocenters. The van der Waals surface area contributed by atoms with E-state index in [1.165, 1.54) is 6.07 Å². The SMILES string of the molecule is CCCNC(=O)CCNC(=NCc1ccc(F)cc1CSC)NCC.I. The van der Waals surface area contributed by atoms with E-state index in [0.717, 1.165) is 29.8 Å². The van der Waals surface area contributed by atoms with Gasteiger partial charge in [-0.05, 0) is 42.9 Å². The molecule has 1 aromatic rings. The lowest BCUT2D eigenvalue weighted by atomic mass is 10.1. The highest BCUT2D eigenvalue weighted by atomic mass is 127. The first-order valence-corrected chi connectivity index (χ1v) is 10.0. The molecule has 5 nitrogen and oxygen atoms in total. The second-order valence-electron chi connectivity index (χ2n) is 5.57. The average Bonchev–Trinajstić information content (AvgIpc) is 2.59. The smallest absolute Gasteiger partial charge is 0.221 e. The van der Waals surface area contributed by atoms with Gasteiger partial charge >= 0.3 is 0 Å².